The minimum atomic E-state index is 0.526. The second-order valence-electron chi connectivity index (χ2n) is 3.75. The van der Waals surface area contributed by atoms with Gasteiger partial charge in [-0.15, -0.1) is 11.3 Å². The van der Waals surface area contributed by atoms with Gasteiger partial charge in [0.15, 0.2) is 0 Å². The molecule has 3 nitrogen and oxygen atoms in total. The van der Waals surface area contributed by atoms with Crippen LogP contribution in [-0.4, -0.2) is 31.3 Å². The number of rotatable bonds is 7. The highest BCUT2D eigenvalue weighted by Crippen LogP contribution is 2.11. The minimum Gasteiger partial charge on any atom is -0.385 e. The summed E-state index contributed by atoms with van der Waals surface area (Å²) in [7, 11) is 1.74. The molecule has 1 heterocycles. The average Bonchev–Trinajstić information content (AvgIpc) is 2.61. The molecule has 0 saturated heterocycles. The molecule has 4 heteroatoms. The molecular formula is C11H20N2OS. The maximum absolute atomic E-state index is 5.04. The van der Waals surface area contributed by atoms with E-state index in [9.17, 15) is 0 Å². The molecule has 1 aromatic heterocycles. The molecule has 1 N–H and O–H groups in total. The summed E-state index contributed by atoms with van der Waals surface area (Å²) in [4.78, 5) is 5.62. The highest BCUT2D eigenvalue weighted by molar-refractivity contribution is 7.09. The van der Waals surface area contributed by atoms with Crippen LogP contribution in [0.15, 0.2) is 5.51 Å². The van der Waals surface area contributed by atoms with Crippen LogP contribution >= 0.6 is 11.3 Å². The molecule has 0 fully saturated rings. The largest absolute Gasteiger partial charge is 0.385 e. The van der Waals surface area contributed by atoms with Crippen LogP contribution in [0, 0.1) is 6.92 Å². The van der Waals surface area contributed by atoms with Crippen LogP contribution in [0.5, 0.6) is 0 Å². The molecule has 0 saturated carbocycles. The molecule has 0 aliphatic heterocycles. The summed E-state index contributed by atoms with van der Waals surface area (Å²) in [5.41, 5.74) is 3.09. The molecule has 0 aliphatic carbocycles. The normalized spacial score (nSPS) is 13.0. The van der Waals surface area contributed by atoms with E-state index in [1.165, 1.54) is 10.6 Å². The highest BCUT2D eigenvalue weighted by Gasteiger charge is 2.03. The molecule has 1 rings (SSSR count). The van der Waals surface area contributed by atoms with Crippen molar-refractivity contribution < 1.29 is 4.74 Å². The maximum Gasteiger partial charge on any atom is 0.0797 e. The Balaban J connectivity index is 2.13. The Morgan fingerprint density at radius 1 is 1.60 bits per heavy atom. The average molecular weight is 228 g/mol. The van der Waals surface area contributed by atoms with Crippen molar-refractivity contribution in [1.29, 1.82) is 0 Å². The van der Waals surface area contributed by atoms with E-state index >= 15 is 0 Å². The Hall–Kier alpha value is -0.450. The first-order valence-electron chi connectivity index (χ1n) is 5.35. The van der Waals surface area contributed by atoms with E-state index in [4.69, 9.17) is 4.74 Å². The number of hydrogen-bond donors (Lipinski definition) is 1. The first-order valence-corrected chi connectivity index (χ1v) is 6.23. The van der Waals surface area contributed by atoms with Crippen molar-refractivity contribution in [3.8, 4) is 0 Å². The van der Waals surface area contributed by atoms with Crippen molar-refractivity contribution in [2.45, 2.75) is 32.7 Å². The lowest BCUT2D eigenvalue weighted by Crippen LogP contribution is -2.29. The highest BCUT2D eigenvalue weighted by atomic mass is 32.1. The lowest BCUT2D eigenvalue weighted by Gasteiger charge is -2.12. The molecule has 0 amide bonds. The molecular weight excluding hydrogens is 208 g/mol. The van der Waals surface area contributed by atoms with E-state index in [0.717, 1.165) is 26.0 Å². The van der Waals surface area contributed by atoms with Gasteiger partial charge in [-0.05, 0) is 26.7 Å². The summed E-state index contributed by atoms with van der Waals surface area (Å²) in [6, 6.07) is 0.526. The van der Waals surface area contributed by atoms with Crippen molar-refractivity contribution in [2.75, 3.05) is 20.3 Å². The molecule has 0 aliphatic rings. The summed E-state index contributed by atoms with van der Waals surface area (Å²) in [5, 5.41) is 3.48. The Bertz CT molecular complexity index is 275. The van der Waals surface area contributed by atoms with Gasteiger partial charge in [-0.2, -0.15) is 0 Å². The van der Waals surface area contributed by atoms with Gasteiger partial charge in [0.2, 0.25) is 0 Å². The van der Waals surface area contributed by atoms with Gasteiger partial charge in [0.1, 0.15) is 0 Å². The first-order chi connectivity index (χ1) is 7.24. The van der Waals surface area contributed by atoms with Crippen LogP contribution in [0.4, 0.5) is 0 Å². The predicted molar refractivity (Wildman–Crippen MR) is 64.5 cm³/mol. The second kappa shape index (κ2) is 6.93. The van der Waals surface area contributed by atoms with Gasteiger partial charge < -0.3 is 10.1 Å². The van der Waals surface area contributed by atoms with Gasteiger partial charge in [0, 0.05) is 31.2 Å². The van der Waals surface area contributed by atoms with Gasteiger partial charge in [-0.25, -0.2) is 4.98 Å². The Morgan fingerprint density at radius 3 is 3.00 bits per heavy atom. The fourth-order valence-corrected chi connectivity index (χ4v) is 2.18. The molecule has 15 heavy (non-hydrogen) atoms. The van der Waals surface area contributed by atoms with Gasteiger partial charge >= 0.3 is 0 Å². The summed E-state index contributed by atoms with van der Waals surface area (Å²) in [6.45, 7) is 6.11. The smallest absolute Gasteiger partial charge is 0.0797 e. The minimum absolute atomic E-state index is 0.526. The van der Waals surface area contributed by atoms with Crippen molar-refractivity contribution in [2.24, 2.45) is 0 Å². The van der Waals surface area contributed by atoms with Crippen LogP contribution < -0.4 is 5.32 Å². The van der Waals surface area contributed by atoms with Crippen LogP contribution in [0.25, 0.3) is 0 Å². The second-order valence-corrected chi connectivity index (χ2v) is 4.69. The third-order valence-corrected chi connectivity index (χ3v) is 3.44. The van der Waals surface area contributed by atoms with Crippen LogP contribution in [0.2, 0.25) is 0 Å². The fourth-order valence-electron chi connectivity index (χ4n) is 1.39. The summed E-state index contributed by atoms with van der Waals surface area (Å²) < 4.78 is 5.04. The van der Waals surface area contributed by atoms with Crippen molar-refractivity contribution >= 4 is 11.3 Å². The van der Waals surface area contributed by atoms with E-state index < -0.39 is 0 Å². The van der Waals surface area contributed by atoms with Crippen LogP contribution in [-0.2, 0) is 11.2 Å². The van der Waals surface area contributed by atoms with Crippen molar-refractivity contribution in [3.63, 3.8) is 0 Å². The van der Waals surface area contributed by atoms with E-state index in [2.05, 4.69) is 24.1 Å². The number of aromatic nitrogens is 1. The standard InChI is InChI=1S/C11H20N2OS/c1-9(5-7-14-3)12-6-4-11-10(2)13-8-15-11/h8-9,12H,4-7H2,1-3H3. The summed E-state index contributed by atoms with van der Waals surface area (Å²) >= 11 is 1.74. The van der Waals surface area contributed by atoms with Gasteiger partial charge in [0.05, 0.1) is 11.2 Å². The predicted octanol–water partition coefficient (Wildman–Crippen LogP) is 2.01. The van der Waals surface area contributed by atoms with Gasteiger partial charge in [-0.3, -0.25) is 0 Å². The number of aryl methyl sites for hydroxylation is 1. The molecule has 86 valence electrons. The quantitative estimate of drug-likeness (QED) is 0.775. The zero-order valence-corrected chi connectivity index (χ0v) is 10.6. The zero-order valence-electron chi connectivity index (χ0n) is 9.75. The number of thiazole rings is 1. The third kappa shape index (κ3) is 4.73. The number of ether oxygens (including phenoxy) is 1. The lowest BCUT2D eigenvalue weighted by molar-refractivity contribution is 0.185. The molecule has 1 atom stereocenters. The molecule has 0 bridgehead atoms. The zero-order chi connectivity index (χ0) is 11.1. The van der Waals surface area contributed by atoms with E-state index in [1.54, 1.807) is 18.4 Å². The number of nitrogens with one attached hydrogen (secondary N) is 1. The Kier molecular flexibility index (Phi) is 5.83. The van der Waals surface area contributed by atoms with Gasteiger partial charge in [0.25, 0.3) is 0 Å². The summed E-state index contributed by atoms with van der Waals surface area (Å²) in [6.07, 6.45) is 2.14. The van der Waals surface area contributed by atoms with Crippen LogP contribution in [0.1, 0.15) is 23.9 Å². The topological polar surface area (TPSA) is 34.1 Å². The molecule has 0 spiro atoms. The van der Waals surface area contributed by atoms with E-state index in [0.29, 0.717) is 6.04 Å². The Labute approximate surface area is 95.9 Å². The number of methoxy groups -OCH3 is 1. The number of hydrogen-bond acceptors (Lipinski definition) is 4. The first kappa shape index (κ1) is 12.6. The SMILES string of the molecule is COCCC(C)NCCc1scnc1C. The number of nitrogens with zero attached hydrogens (tertiary/aromatic N) is 1. The molecule has 1 aromatic rings. The van der Waals surface area contributed by atoms with Crippen LogP contribution in [0.3, 0.4) is 0 Å². The molecule has 0 radical (unpaired) electrons. The molecule has 0 aromatic carbocycles. The van der Waals surface area contributed by atoms with Crippen molar-refractivity contribution in [1.82, 2.24) is 10.3 Å². The Morgan fingerprint density at radius 2 is 2.40 bits per heavy atom. The van der Waals surface area contributed by atoms with Crippen molar-refractivity contribution in [3.05, 3.63) is 16.1 Å². The lowest BCUT2D eigenvalue weighted by atomic mass is 10.2. The van der Waals surface area contributed by atoms with Gasteiger partial charge in [-0.1, -0.05) is 0 Å². The summed E-state index contributed by atoms with van der Waals surface area (Å²) in [5.74, 6) is 0. The maximum atomic E-state index is 5.04. The third-order valence-electron chi connectivity index (χ3n) is 2.44. The monoisotopic (exact) mass is 228 g/mol. The van der Waals surface area contributed by atoms with E-state index in [1.807, 2.05) is 5.51 Å². The fraction of sp³-hybridized carbons (Fsp3) is 0.727. The molecule has 1 unspecified atom stereocenters. The van der Waals surface area contributed by atoms with E-state index in [-0.39, 0.29) is 0 Å².